The maximum Gasteiger partial charge on any atom is 0.00105 e. The Morgan fingerprint density at radius 2 is 1.64 bits per heavy atom. The van der Waals surface area contributed by atoms with Crippen molar-refractivity contribution in [2.75, 3.05) is 19.6 Å². The van der Waals surface area contributed by atoms with Crippen LogP contribution in [0.2, 0.25) is 0 Å². The summed E-state index contributed by atoms with van der Waals surface area (Å²) in [4.78, 5) is 0. The predicted molar refractivity (Wildman–Crippen MR) is 98.6 cm³/mol. The van der Waals surface area contributed by atoms with E-state index in [1.165, 1.54) is 24.0 Å². The summed E-state index contributed by atoms with van der Waals surface area (Å²) in [6.07, 6.45) is 3.57. The molecule has 1 atom stereocenters. The van der Waals surface area contributed by atoms with Gasteiger partial charge < -0.3 is 10.6 Å². The summed E-state index contributed by atoms with van der Waals surface area (Å²) < 4.78 is 0. The SMILES string of the molecule is CCC(CCNCC(C)C)c1ccc(CCNC(C)C)cc1. The molecule has 0 heterocycles. The number of benzene rings is 1. The van der Waals surface area contributed by atoms with Crippen LogP contribution in [0.25, 0.3) is 0 Å². The average molecular weight is 305 g/mol. The van der Waals surface area contributed by atoms with E-state index >= 15 is 0 Å². The Kier molecular flexibility index (Phi) is 9.42. The molecular formula is C20H36N2. The fraction of sp³-hybridized carbons (Fsp3) is 0.700. The van der Waals surface area contributed by atoms with E-state index in [1.54, 1.807) is 0 Å². The molecule has 0 aromatic heterocycles. The molecule has 126 valence electrons. The second-order valence-corrected chi connectivity index (χ2v) is 7.09. The molecule has 1 unspecified atom stereocenters. The lowest BCUT2D eigenvalue weighted by atomic mass is 9.92. The standard InChI is InChI=1S/C20H36N2/c1-6-19(12-13-21-15-16(2)3)20-9-7-18(8-10-20)11-14-22-17(4)5/h7-10,16-17,19,21-22H,6,11-15H2,1-5H3. The van der Waals surface area contributed by atoms with Crippen LogP contribution in [0.4, 0.5) is 0 Å². The van der Waals surface area contributed by atoms with Crippen molar-refractivity contribution in [3.63, 3.8) is 0 Å². The molecule has 0 aliphatic rings. The highest BCUT2D eigenvalue weighted by Crippen LogP contribution is 2.23. The van der Waals surface area contributed by atoms with Crippen molar-refractivity contribution in [1.29, 1.82) is 0 Å². The van der Waals surface area contributed by atoms with E-state index in [-0.39, 0.29) is 0 Å². The zero-order chi connectivity index (χ0) is 16.4. The summed E-state index contributed by atoms with van der Waals surface area (Å²) in [5.41, 5.74) is 2.93. The van der Waals surface area contributed by atoms with Gasteiger partial charge in [-0.15, -0.1) is 0 Å². The first-order valence-corrected chi connectivity index (χ1v) is 9.05. The molecule has 1 aromatic rings. The number of nitrogens with one attached hydrogen (secondary N) is 2. The molecule has 2 N–H and O–H groups in total. The van der Waals surface area contributed by atoms with Gasteiger partial charge in [0.25, 0.3) is 0 Å². The molecule has 0 spiro atoms. The summed E-state index contributed by atoms with van der Waals surface area (Å²) in [5.74, 6) is 1.42. The average Bonchev–Trinajstić information content (AvgIpc) is 2.48. The minimum absolute atomic E-state index is 0.571. The first-order valence-electron chi connectivity index (χ1n) is 9.05. The van der Waals surface area contributed by atoms with E-state index in [0.717, 1.165) is 32.0 Å². The molecule has 1 aromatic carbocycles. The van der Waals surface area contributed by atoms with Gasteiger partial charge in [-0.1, -0.05) is 58.9 Å². The minimum atomic E-state index is 0.571. The number of hydrogen-bond acceptors (Lipinski definition) is 2. The van der Waals surface area contributed by atoms with Gasteiger partial charge in [-0.05, 0) is 61.9 Å². The lowest BCUT2D eigenvalue weighted by Gasteiger charge is -2.17. The third-order valence-electron chi connectivity index (χ3n) is 4.13. The molecule has 2 nitrogen and oxygen atoms in total. The summed E-state index contributed by atoms with van der Waals surface area (Å²) in [5, 5.41) is 7.04. The number of hydrogen-bond donors (Lipinski definition) is 2. The van der Waals surface area contributed by atoms with Crippen LogP contribution in [-0.2, 0) is 6.42 Å². The maximum atomic E-state index is 3.56. The molecular weight excluding hydrogens is 268 g/mol. The molecule has 0 aliphatic heterocycles. The van der Waals surface area contributed by atoms with Crippen molar-refractivity contribution >= 4 is 0 Å². The fourth-order valence-corrected chi connectivity index (χ4v) is 2.74. The van der Waals surface area contributed by atoms with Crippen molar-refractivity contribution in [3.05, 3.63) is 35.4 Å². The van der Waals surface area contributed by atoms with Gasteiger partial charge in [-0.25, -0.2) is 0 Å². The Hall–Kier alpha value is -0.860. The monoisotopic (exact) mass is 304 g/mol. The van der Waals surface area contributed by atoms with E-state index in [1.807, 2.05) is 0 Å². The molecule has 0 fully saturated rings. The third kappa shape index (κ3) is 7.95. The van der Waals surface area contributed by atoms with Crippen LogP contribution in [0, 0.1) is 5.92 Å². The molecule has 1 rings (SSSR count). The van der Waals surface area contributed by atoms with E-state index in [2.05, 4.69) is 69.5 Å². The van der Waals surface area contributed by atoms with Crippen LogP contribution in [0.5, 0.6) is 0 Å². The highest BCUT2D eigenvalue weighted by molar-refractivity contribution is 5.25. The Labute approximate surface area is 138 Å². The van der Waals surface area contributed by atoms with Gasteiger partial charge >= 0.3 is 0 Å². The first kappa shape index (κ1) is 19.2. The smallest absolute Gasteiger partial charge is 0.00105 e. The van der Waals surface area contributed by atoms with E-state index in [9.17, 15) is 0 Å². The van der Waals surface area contributed by atoms with Crippen molar-refractivity contribution in [2.45, 2.75) is 65.8 Å². The second kappa shape index (κ2) is 10.8. The van der Waals surface area contributed by atoms with Gasteiger partial charge in [-0.2, -0.15) is 0 Å². The van der Waals surface area contributed by atoms with E-state index in [0.29, 0.717) is 12.0 Å². The van der Waals surface area contributed by atoms with Gasteiger partial charge in [0.05, 0.1) is 0 Å². The van der Waals surface area contributed by atoms with Crippen LogP contribution in [0.3, 0.4) is 0 Å². The second-order valence-electron chi connectivity index (χ2n) is 7.09. The highest BCUT2D eigenvalue weighted by atomic mass is 14.9. The third-order valence-corrected chi connectivity index (χ3v) is 4.13. The van der Waals surface area contributed by atoms with Gasteiger partial charge in [0.15, 0.2) is 0 Å². The van der Waals surface area contributed by atoms with Crippen LogP contribution in [-0.4, -0.2) is 25.7 Å². The fourth-order valence-electron chi connectivity index (χ4n) is 2.74. The van der Waals surface area contributed by atoms with Crippen molar-refractivity contribution in [3.8, 4) is 0 Å². The minimum Gasteiger partial charge on any atom is -0.316 e. The summed E-state index contributed by atoms with van der Waals surface area (Å²) >= 11 is 0. The Balaban J connectivity index is 2.41. The van der Waals surface area contributed by atoms with Crippen LogP contribution < -0.4 is 10.6 Å². The van der Waals surface area contributed by atoms with E-state index in [4.69, 9.17) is 0 Å². The lowest BCUT2D eigenvalue weighted by Crippen LogP contribution is -2.24. The molecule has 2 heteroatoms. The quantitative estimate of drug-likeness (QED) is 0.594. The van der Waals surface area contributed by atoms with Crippen LogP contribution >= 0.6 is 0 Å². The largest absolute Gasteiger partial charge is 0.316 e. The lowest BCUT2D eigenvalue weighted by molar-refractivity contribution is 0.509. The molecule has 0 radical (unpaired) electrons. The molecule has 22 heavy (non-hydrogen) atoms. The van der Waals surface area contributed by atoms with Crippen molar-refractivity contribution < 1.29 is 0 Å². The predicted octanol–water partition coefficient (Wildman–Crippen LogP) is 4.36. The Morgan fingerprint density at radius 3 is 2.18 bits per heavy atom. The molecule has 0 amide bonds. The zero-order valence-electron chi connectivity index (χ0n) is 15.3. The van der Waals surface area contributed by atoms with Gasteiger partial charge in [0.1, 0.15) is 0 Å². The Morgan fingerprint density at radius 1 is 0.955 bits per heavy atom. The van der Waals surface area contributed by atoms with Crippen molar-refractivity contribution in [1.82, 2.24) is 10.6 Å². The van der Waals surface area contributed by atoms with Gasteiger partial charge in [0.2, 0.25) is 0 Å². The topological polar surface area (TPSA) is 24.1 Å². The maximum absolute atomic E-state index is 3.56. The normalized spacial score (nSPS) is 13.0. The van der Waals surface area contributed by atoms with Gasteiger partial charge in [0, 0.05) is 6.04 Å². The van der Waals surface area contributed by atoms with Crippen LogP contribution in [0.15, 0.2) is 24.3 Å². The van der Waals surface area contributed by atoms with Gasteiger partial charge in [-0.3, -0.25) is 0 Å². The molecule has 0 bridgehead atoms. The molecule has 0 aliphatic carbocycles. The van der Waals surface area contributed by atoms with E-state index < -0.39 is 0 Å². The molecule has 0 saturated carbocycles. The summed E-state index contributed by atoms with van der Waals surface area (Å²) in [6, 6.07) is 9.85. The summed E-state index contributed by atoms with van der Waals surface area (Å²) in [7, 11) is 0. The Bertz CT molecular complexity index is 381. The number of rotatable bonds is 11. The van der Waals surface area contributed by atoms with Crippen molar-refractivity contribution in [2.24, 2.45) is 5.92 Å². The zero-order valence-corrected chi connectivity index (χ0v) is 15.3. The summed E-state index contributed by atoms with van der Waals surface area (Å²) in [6.45, 7) is 14.5. The van der Waals surface area contributed by atoms with Crippen LogP contribution in [0.1, 0.15) is 64.5 Å². The highest BCUT2D eigenvalue weighted by Gasteiger charge is 2.09. The first-order chi connectivity index (χ1) is 10.5. The molecule has 0 saturated heterocycles.